The normalized spacial score (nSPS) is 25.9. The molecule has 1 aliphatic rings. The summed E-state index contributed by atoms with van der Waals surface area (Å²) in [6, 6.07) is 0. The van der Waals surface area contributed by atoms with Gasteiger partial charge in [-0.1, -0.05) is 0 Å². The van der Waals surface area contributed by atoms with Gasteiger partial charge in [-0.2, -0.15) is 5.10 Å². The van der Waals surface area contributed by atoms with Crippen LogP contribution < -0.4 is 0 Å². The predicted molar refractivity (Wildman–Crippen MR) is 53.4 cm³/mol. The quantitative estimate of drug-likeness (QED) is 0.761. The molecule has 0 aromatic carbocycles. The fourth-order valence-corrected chi connectivity index (χ4v) is 1.83. The monoisotopic (exact) mass is 211 g/mol. The predicted octanol–water partition coefficient (Wildman–Crippen LogP) is 1.29. The van der Waals surface area contributed by atoms with Crippen LogP contribution in [0.25, 0.3) is 0 Å². The van der Waals surface area contributed by atoms with E-state index in [0.717, 1.165) is 5.69 Å². The van der Waals surface area contributed by atoms with E-state index >= 15 is 0 Å². The molecule has 1 amide bonds. The fraction of sp³-hybridized carbons (Fsp3) is 0.600. The number of alkyl halides is 1. The molecule has 15 heavy (non-hydrogen) atoms. The van der Waals surface area contributed by atoms with E-state index in [-0.39, 0.29) is 12.5 Å². The fourth-order valence-electron chi connectivity index (χ4n) is 1.83. The smallest absolute Gasteiger partial charge is 0.257 e. The van der Waals surface area contributed by atoms with Crippen LogP contribution in [0.1, 0.15) is 29.4 Å². The topological polar surface area (TPSA) is 49.0 Å². The summed E-state index contributed by atoms with van der Waals surface area (Å²) in [5.74, 6) is -0.136. The second-order valence-electron chi connectivity index (χ2n) is 4.30. The molecule has 0 spiro atoms. The number of amides is 1. The molecule has 0 aliphatic carbocycles. The highest BCUT2D eigenvalue weighted by molar-refractivity contribution is 5.95. The van der Waals surface area contributed by atoms with Crippen LogP contribution in [0.4, 0.5) is 4.39 Å². The summed E-state index contributed by atoms with van der Waals surface area (Å²) in [6.45, 7) is 3.97. The first kappa shape index (κ1) is 10.1. The van der Waals surface area contributed by atoms with Gasteiger partial charge in [0.2, 0.25) is 0 Å². The van der Waals surface area contributed by atoms with E-state index in [4.69, 9.17) is 0 Å². The minimum Gasteiger partial charge on any atom is -0.335 e. The zero-order valence-electron chi connectivity index (χ0n) is 8.88. The maximum Gasteiger partial charge on any atom is 0.257 e. The van der Waals surface area contributed by atoms with Crippen molar-refractivity contribution >= 4 is 5.91 Å². The van der Waals surface area contributed by atoms with Crippen molar-refractivity contribution in [3.05, 3.63) is 17.5 Å². The number of nitrogens with zero attached hydrogens (tertiary/aromatic N) is 2. The number of halogens is 1. The Hall–Kier alpha value is -1.39. The Labute approximate surface area is 87.5 Å². The van der Waals surface area contributed by atoms with Gasteiger partial charge in [-0.15, -0.1) is 0 Å². The van der Waals surface area contributed by atoms with E-state index in [0.29, 0.717) is 18.5 Å². The van der Waals surface area contributed by atoms with Gasteiger partial charge in [0.15, 0.2) is 0 Å². The largest absolute Gasteiger partial charge is 0.335 e. The summed E-state index contributed by atoms with van der Waals surface area (Å²) >= 11 is 0. The van der Waals surface area contributed by atoms with Crippen molar-refractivity contribution in [3.63, 3.8) is 0 Å². The van der Waals surface area contributed by atoms with Crippen LogP contribution >= 0.6 is 0 Å². The average molecular weight is 211 g/mol. The SMILES string of the molecule is Cc1[nH]ncc1C(=O)N1CC[C@](C)(F)C1. The van der Waals surface area contributed by atoms with Crippen LogP contribution in [0.15, 0.2) is 6.20 Å². The first-order valence-corrected chi connectivity index (χ1v) is 4.98. The van der Waals surface area contributed by atoms with Crippen molar-refractivity contribution in [2.24, 2.45) is 0 Å². The van der Waals surface area contributed by atoms with Crippen LogP contribution in [-0.2, 0) is 0 Å². The molecule has 2 heterocycles. The van der Waals surface area contributed by atoms with E-state index in [1.807, 2.05) is 0 Å². The molecule has 0 radical (unpaired) electrons. The molecule has 1 aliphatic heterocycles. The van der Waals surface area contributed by atoms with E-state index in [9.17, 15) is 9.18 Å². The maximum atomic E-state index is 13.5. The molecule has 1 N–H and O–H groups in total. The van der Waals surface area contributed by atoms with Gasteiger partial charge in [-0.05, 0) is 13.8 Å². The number of nitrogens with one attached hydrogen (secondary N) is 1. The molecule has 2 rings (SSSR count). The van der Waals surface area contributed by atoms with Gasteiger partial charge in [0, 0.05) is 18.7 Å². The third-order valence-corrected chi connectivity index (χ3v) is 2.77. The van der Waals surface area contributed by atoms with E-state index < -0.39 is 5.67 Å². The Morgan fingerprint density at radius 2 is 2.47 bits per heavy atom. The highest BCUT2D eigenvalue weighted by Gasteiger charge is 2.36. The number of aryl methyl sites for hydroxylation is 1. The summed E-state index contributed by atoms with van der Waals surface area (Å²) in [4.78, 5) is 13.5. The highest BCUT2D eigenvalue weighted by atomic mass is 19.1. The van der Waals surface area contributed by atoms with Crippen LogP contribution in [0.5, 0.6) is 0 Å². The lowest BCUT2D eigenvalue weighted by atomic mass is 10.1. The molecule has 0 unspecified atom stereocenters. The first-order valence-electron chi connectivity index (χ1n) is 4.98. The molecule has 5 heteroatoms. The molecule has 82 valence electrons. The van der Waals surface area contributed by atoms with Gasteiger partial charge in [0.05, 0.1) is 18.3 Å². The van der Waals surface area contributed by atoms with E-state index in [1.54, 1.807) is 6.92 Å². The number of carbonyl (C=O) groups is 1. The zero-order valence-corrected chi connectivity index (χ0v) is 8.88. The zero-order chi connectivity index (χ0) is 11.1. The van der Waals surface area contributed by atoms with E-state index in [1.165, 1.54) is 18.0 Å². The van der Waals surface area contributed by atoms with Crippen molar-refractivity contribution in [2.45, 2.75) is 25.9 Å². The maximum absolute atomic E-state index is 13.5. The Kier molecular flexibility index (Phi) is 2.25. The van der Waals surface area contributed by atoms with Crippen molar-refractivity contribution in [2.75, 3.05) is 13.1 Å². The van der Waals surface area contributed by atoms with Crippen LogP contribution in [0.2, 0.25) is 0 Å². The summed E-state index contributed by atoms with van der Waals surface area (Å²) in [5, 5.41) is 6.49. The van der Waals surface area contributed by atoms with Crippen molar-refractivity contribution < 1.29 is 9.18 Å². The summed E-state index contributed by atoms with van der Waals surface area (Å²) in [5.41, 5.74) is 0.0213. The Morgan fingerprint density at radius 3 is 2.93 bits per heavy atom. The second-order valence-corrected chi connectivity index (χ2v) is 4.30. The van der Waals surface area contributed by atoms with Crippen molar-refractivity contribution in [3.8, 4) is 0 Å². The van der Waals surface area contributed by atoms with Gasteiger partial charge in [0.1, 0.15) is 5.67 Å². The molecular formula is C10H14FN3O. The number of rotatable bonds is 1. The van der Waals surface area contributed by atoms with Crippen molar-refractivity contribution in [1.82, 2.24) is 15.1 Å². The average Bonchev–Trinajstić information content (AvgIpc) is 2.71. The van der Waals surface area contributed by atoms with Crippen LogP contribution in [0.3, 0.4) is 0 Å². The third kappa shape index (κ3) is 1.86. The highest BCUT2D eigenvalue weighted by Crippen LogP contribution is 2.26. The van der Waals surface area contributed by atoms with E-state index in [2.05, 4.69) is 10.2 Å². The van der Waals surface area contributed by atoms with Gasteiger partial charge in [-0.3, -0.25) is 9.89 Å². The lowest BCUT2D eigenvalue weighted by Gasteiger charge is -2.16. The molecule has 1 aromatic heterocycles. The molecule has 1 saturated heterocycles. The summed E-state index contributed by atoms with van der Waals surface area (Å²) in [7, 11) is 0. The molecule has 1 aromatic rings. The number of H-pyrrole nitrogens is 1. The summed E-state index contributed by atoms with van der Waals surface area (Å²) < 4.78 is 13.5. The molecule has 4 nitrogen and oxygen atoms in total. The van der Waals surface area contributed by atoms with Crippen LogP contribution in [-0.4, -0.2) is 39.8 Å². The number of aromatic amines is 1. The molecule has 0 bridgehead atoms. The Morgan fingerprint density at radius 1 is 1.73 bits per heavy atom. The second kappa shape index (κ2) is 3.32. The number of hydrogen-bond acceptors (Lipinski definition) is 2. The number of aromatic nitrogens is 2. The molecular weight excluding hydrogens is 197 g/mol. The standard InChI is InChI=1S/C10H14FN3O/c1-7-8(5-12-13-7)9(15)14-4-3-10(2,11)6-14/h5H,3-4,6H2,1-2H3,(H,12,13)/t10-/m0/s1. The number of hydrogen-bond donors (Lipinski definition) is 1. The molecule has 0 saturated carbocycles. The summed E-state index contributed by atoms with van der Waals surface area (Å²) in [6.07, 6.45) is 1.90. The number of carbonyl (C=O) groups excluding carboxylic acids is 1. The minimum absolute atomic E-state index is 0.136. The van der Waals surface area contributed by atoms with Gasteiger partial charge in [-0.25, -0.2) is 4.39 Å². The number of likely N-dealkylation sites (tertiary alicyclic amines) is 1. The van der Waals surface area contributed by atoms with Crippen LogP contribution in [0, 0.1) is 6.92 Å². The van der Waals surface area contributed by atoms with Gasteiger partial charge in [0.25, 0.3) is 5.91 Å². The first-order chi connectivity index (χ1) is 6.99. The van der Waals surface area contributed by atoms with Gasteiger partial charge >= 0.3 is 0 Å². The van der Waals surface area contributed by atoms with Gasteiger partial charge < -0.3 is 4.90 Å². The lowest BCUT2D eigenvalue weighted by Crippen LogP contribution is -2.32. The minimum atomic E-state index is -1.24. The Balaban J connectivity index is 2.14. The molecule has 1 fully saturated rings. The molecule has 1 atom stereocenters. The Bertz CT molecular complexity index is 386. The van der Waals surface area contributed by atoms with Crippen molar-refractivity contribution in [1.29, 1.82) is 0 Å². The lowest BCUT2D eigenvalue weighted by molar-refractivity contribution is 0.0760. The third-order valence-electron chi connectivity index (χ3n) is 2.77.